The minimum absolute atomic E-state index is 0.148. The van der Waals surface area contributed by atoms with Gasteiger partial charge in [0.05, 0.1) is 6.10 Å². The first-order chi connectivity index (χ1) is 11.2. The quantitative estimate of drug-likeness (QED) is 0.807. The highest BCUT2D eigenvalue weighted by molar-refractivity contribution is 5.30. The molecule has 23 heavy (non-hydrogen) atoms. The maximum absolute atomic E-state index is 5.96. The second kappa shape index (κ2) is 7.60. The van der Waals surface area contributed by atoms with Crippen LogP contribution in [0.25, 0.3) is 0 Å². The van der Waals surface area contributed by atoms with E-state index in [0.717, 1.165) is 19.0 Å². The maximum Gasteiger partial charge on any atom is 0.218 e. The molecule has 3 heteroatoms. The van der Waals surface area contributed by atoms with Gasteiger partial charge in [-0.15, -0.1) is 0 Å². The van der Waals surface area contributed by atoms with Gasteiger partial charge in [-0.3, -0.25) is 4.90 Å². The Hall–Kier alpha value is -1.87. The van der Waals surface area contributed by atoms with E-state index in [2.05, 4.69) is 60.1 Å². The summed E-state index contributed by atoms with van der Waals surface area (Å²) in [6.07, 6.45) is 5.68. The number of hydrogen-bond acceptors (Lipinski definition) is 3. The highest BCUT2D eigenvalue weighted by Crippen LogP contribution is 2.36. The number of nitrogens with zero attached hydrogens (tertiary/aromatic N) is 2. The molecule has 1 saturated heterocycles. The minimum atomic E-state index is 0.148. The van der Waals surface area contributed by atoms with Crippen LogP contribution in [-0.4, -0.2) is 22.5 Å². The van der Waals surface area contributed by atoms with Crippen LogP contribution in [0.1, 0.15) is 50.3 Å². The normalized spacial score (nSPS) is 19.0. The van der Waals surface area contributed by atoms with E-state index in [9.17, 15) is 0 Å². The minimum Gasteiger partial charge on any atom is -0.475 e. The van der Waals surface area contributed by atoms with Gasteiger partial charge in [-0.2, -0.15) is 0 Å². The largest absolute Gasteiger partial charge is 0.475 e. The van der Waals surface area contributed by atoms with Crippen molar-refractivity contribution in [2.24, 2.45) is 0 Å². The fourth-order valence-electron chi connectivity index (χ4n) is 3.33. The Balaban J connectivity index is 1.84. The molecule has 3 rings (SSSR count). The predicted molar refractivity (Wildman–Crippen MR) is 93.4 cm³/mol. The summed E-state index contributed by atoms with van der Waals surface area (Å²) in [4.78, 5) is 7.06. The van der Waals surface area contributed by atoms with Crippen molar-refractivity contribution in [3.05, 3.63) is 59.8 Å². The molecule has 1 aromatic heterocycles. The lowest BCUT2D eigenvalue weighted by Gasteiger charge is -2.36. The fraction of sp³-hybridized carbons (Fsp3) is 0.450. The molecule has 0 amide bonds. The predicted octanol–water partition coefficient (Wildman–Crippen LogP) is 4.60. The Bertz CT molecular complexity index is 612. The van der Waals surface area contributed by atoms with Gasteiger partial charge in [0.15, 0.2) is 0 Å². The zero-order chi connectivity index (χ0) is 16.1. The monoisotopic (exact) mass is 310 g/mol. The van der Waals surface area contributed by atoms with Gasteiger partial charge < -0.3 is 4.74 Å². The Morgan fingerprint density at radius 3 is 2.74 bits per heavy atom. The van der Waals surface area contributed by atoms with Crippen LogP contribution in [0.5, 0.6) is 5.88 Å². The van der Waals surface area contributed by atoms with Crippen LogP contribution in [-0.2, 0) is 6.54 Å². The molecule has 0 spiro atoms. The first-order valence-electron chi connectivity index (χ1n) is 8.63. The third-order valence-electron chi connectivity index (χ3n) is 4.35. The molecule has 0 saturated carbocycles. The molecular formula is C20H26N2O. The average Bonchev–Trinajstić information content (AvgIpc) is 2.56. The van der Waals surface area contributed by atoms with E-state index in [1.54, 1.807) is 0 Å². The molecule has 1 atom stereocenters. The van der Waals surface area contributed by atoms with Gasteiger partial charge in [-0.1, -0.05) is 42.8 Å². The number of aromatic nitrogens is 1. The van der Waals surface area contributed by atoms with Gasteiger partial charge in [0.25, 0.3) is 0 Å². The SMILES string of the molecule is CC(C)Oc1ncccc1[C@H]1CCCCN1Cc1ccccc1. The van der Waals surface area contributed by atoms with Crippen LogP contribution in [0.2, 0.25) is 0 Å². The number of pyridine rings is 1. The molecule has 0 unspecified atom stereocenters. The smallest absolute Gasteiger partial charge is 0.218 e. The summed E-state index contributed by atoms with van der Waals surface area (Å²) in [7, 11) is 0. The van der Waals surface area contributed by atoms with Gasteiger partial charge >= 0.3 is 0 Å². The van der Waals surface area contributed by atoms with E-state index in [0.29, 0.717) is 6.04 Å². The van der Waals surface area contributed by atoms with Crippen molar-refractivity contribution >= 4 is 0 Å². The van der Waals surface area contributed by atoms with Gasteiger partial charge in [0.2, 0.25) is 5.88 Å². The molecule has 2 aromatic rings. The number of hydrogen-bond donors (Lipinski definition) is 0. The topological polar surface area (TPSA) is 25.4 Å². The van der Waals surface area contributed by atoms with Crippen molar-refractivity contribution in [1.29, 1.82) is 0 Å². The van der Waals surface area contributed by atoms with E-state index in [1.165, 1.54) is 30.4 Å². The third kappa shape index (κ3) is 4.11. The highest BCUT2D eigenvalue weighted by Gasteiger charge is 2.27. The number of rotatable bonds is 5. The van der Waals surface area contributed by atoms with Crippen molar-refractivity contribution in [3.63, 3.8) is 0 Å². The van der Waals surface area contributed by atoms with Gasteiger partial charge in [0, 0.05) is 24.3 Å². The second-order valence-corrected chi connectivity index (χ2v) is 6.53. The summed E-state index contributed by atoms with van der Waals surface area (Å²) >= 11 is 0. The Kier molecular flexibility index (Phi) is 5.29. The molecule has 1 aliphatic rings. The van der Waals surface area contributed by atoms with Crippen LogP contribution in [0.15, 0.2) is 48.7 Å². The molecule has 1 aromatic carbocycles. The molecule has 0 N–H and O–H groups in total. The summed E-state index contributed by atoms with van der Waals surface area (Å²) in [6.45, 7) is 6.24. The van der Waals surface area contributed by atoms with Crippen molar-refractivity contribution in [1.82, 2.24) is 9.88 Å². The third-order valence-corrected chi connectivity index (χ3v) is 4.35. The van der Waals surface area contributed by atoms with E-state index in [4.69, 9.17) is 4.74 Å². The van der Waals surface area contributed by atoms with Crippen molar-refractivity contribution in [3.8, 4) is 5.88 Å². The lowest BCUT2D eigenvalue weighted by atomic mass is 9.95. The summed E-state index contributed by atoms with van der Waals surface area (Å²) in [5, 5.41) is 0. The Morgan fingerprint density at radius 1 is 1.13 bits per heavy atom. The molecule has 0 bridgehead atoms. The van der Waals surface area contributed by atoms with Crippen molar-refractivity contribution in [2.45, 2.75) is 51.8 Å². The van der Waals surface area contributed by atoms with Crippen LogP contribution < -0.4 is 4.74 Å². The summed E-state index contributed by atoms with van der Waals surface area (Å²) in [6, 6.07) is 15.3. The molecule has 0 aliphatic carbocycles. The van der Waals surface area contributed by atoms with E-state index in [-0.39, 0.29) is 6.10 Å². The standard InChI is InChI=1S/C20H26N2O/c1-16(2)23-20-18(11-8-13-21-20)19-12-6-7-14-22(19)15-17-9-4-3-5-10-17/h3-5,8-11,13,16,19H,6-7,12,14-15H2,1-2H3/t19-/m1/s1. The summed E-state index contributed by atoms with van der Waals surface area (Å²) < 4.78 is 5.96. The molecular weight excluding hydrogens is 284 g/mol. The zero-order valence-electron chi connectivity index (χ0n) is 14.1. The van der Waals surface area contributed by atoms with E-state index < -0.39 is 0 Å². The average molecular weight is 310 g/mol. The molecule has 1 aliphatic heterocycles. The molecule has 1 fully saturated rings. The second-order valence-electron chi connectivity index (χ2n) is 6.53. The highest BCUT2D eigenvalue weighted by atomic mass is 16.5. The molecule has 3 nitrogen and oxygen atoms in total. The molecule has 0 radical (unpaired) electrons. The zero-order valence-corrected chi connectivity index (χ0v) is 14.1. The van der Waals surface area contributed by atoms with Crippen molar-refractivity contribution < 1.29 is 4.74 Å². The molecule has 122 valence electrons. The van der Waals surface area contributed by atoms with E-state index >= 15 is 0 Å². The van der Waals surface area contributed by atoms with Gasteiger partial charge in [-0.25, -0.2) is 4.98 Å². The number of ether oxygens (including phenoxy) is 1. The maximum atomic E-state index is 5.96. The lowest BCUT2D eigenvalue weighted by Crippen LogP contribution is -2.33. The summed E-state index contributed by atoms with van der Waals surface area (Å²) in [5.41, 5.74) is 2.60. The van der Waals surface area contributed by atoms with E-state index in [1.807, 2.05) is 12.3 Å². The molecule has 2 heterocycles. The number of piperidine rings is 1. The Morgan fingerprint density at radius 2 is 1.96 bits per heavy atom. The first-order valence-corrected chi connectivity index (χ1v) is 8.63. The number of likely N-dealkylation sites (tertiary alicyclic amines) is 1. The van der Waals surface area contributed by atoms with Crippen LogP contribution in [0.4, 0.5) is 0 Å². The van der Waals surface area contributed by atoms with Crippen LogP contribution in [0.3, 0.4) is 0 Å². The van der Waals surface area contributed by atoms with Crippen molar-refractivity contribution in [2.75, 3.05) is 6.54 Å². The van der Waals surface area contributed by atoms with Crippen LogP contribution >= 0.6 is 0 Å². The fourth-order valence-corrected chi connectivity index (χ4v) is 3.33. The van der Waals surface area contributed by atoms with Gasteiger partial charge in [-0.05, 0) is 44.9 Å². The first kappa shape index (κ1) is 16.0. The Labute approximate surface area is 139 Å². The van der Waals surface area contributed by atoms with Gasteiger partial charge in [0.1, 0.15) is 0 Å². The number of benzene rings is 1. The summed E-state index contributed by atoms with van der Waals surface area (Å²) in [5.74, 6) is 0.799. The lowest BCUT2D eigenvalue weighted by molar-refractivity contribution is 0.133. The van der Waals surface area contributed by atoms with Crippen LogP contribution in [0, 0.1) is 0 Å².